The van der Waals surface area contributed by atoms with Crippen molar-refractivity contribution in [1.82, 2.24) is 4.98 Å². The van der Waals surface area contributed by atoms with E-state index >= 15 is 0 Å². The lowest BCUT2D eigenvalue weighted by atomic mass is 10.3. The zero-order chi connectivity index (χ0) is 7.40. The first kappa shape index (κ1) is 6.61. The minimum Gasteiger partial charge on any atom is -0.404 e. The van der Waals surface area contributed by atoms with E-state index < -0.39 is 0 Å². The fourth-order valence-corrected chi connectivity index (χ4v) is 0.661. The highest BCUT2D eigenvalue weighted by molar-refractivity contribution is 6.02. The number of nitrogens with one attached hydrogen (secondary N) is 1. The maximum atomic E-state index is 10.9. The van der Waals surface area contributed by atoms with E-state index in [-0.39, 0.29) is 5.78 Å². The number of aromatic nitrogens is 1. The van der Waals surface area contributed by atoms with Gasteiger partial charge in [0.25, 0.3) is 0 Å². The van der Waals surface area contributed by atoms with Crippen molar-refractivity contribution in [2.45, 2.75) is 0 Å². The molecule has 0 saturated heterocycles. The van der Waals surface area contributed by atoms with E-state index in [1.807, 2.05) is 0 Å². The molecule has 52 valence electrons. The molecule has 0 spiro atoms. The van der Waals surface area contributed by atoms with Crippen LogP contribution in [0.2, 0.25) is 0 Å². The summed E-state index contributed by atoms with van der Waals surface area (Å²) in [7, 11) is 0. The molecule has 3 N–H and O–H groups in total. The van der Waals surface area contributed by atoms with Crippen molar-refractivity contribution < 1.29 is 4.79 Å². The lowest BCUT2D eigenvalue weighted by Gasteiger charge is -1.85. The Bertz CT molecular complexity index is 236. The molecule has 1 aromatic rings. The third-order valence-electron chi connectivity index (χ3n) is 1.11. The number of H-pyrrole nitrogens is 1. The van der Waals surface area contributed by atoms with Crippen LogP contribution in [0, 0.1) is 0 Å². The van der Waals surface area contributed by atoms with Gasteiger partial charge >= 0.3 is 0 Å². The molecular formula is C7H8N2O. The van der Waals surface area contributed by atoms with E-state index in [1.165, 1.54) is 12.3 Å². The summed E-state index contributed by atoms with van der Waals surface area (Å²) in [4.78, 5) is 13.7. The lowest BCUT2D eigenvalue weighted by Crippen LogP contribution is -1.94. The van der Waals surface area contributed by atoms with Gasteiger partial charge in [-0.25, -0.2) is 0 Å². The summed E-state index contributed by atoms with van der Waals surface area (Å²) in [6, 6.07) is 3.46. The lowest BCUT2D eigenvalue weighted by molar-refractivity contribution is 0.104. The molecule has 10 heavy (non-hydrogen) atoms. The van der Waals surface area contributed by atoms with Gasteiger partial charge in [0.1, 0.15) is 0 Å². The van der Waals surface area contributed by atoms with Crippen LogP contribution in [-0.2, 0) is 0 Å². The van der Waals surface area contributed by atoms with Gasteiger partial charge in [0.05, 0.1) is 5.69 Å². The molecule has 1 rings (SSSR count). The monoisotopic (exact) mass is 136 g/mol. The third-order valence-corrected chi connectivity index (χ3v) is 1.11. The van der Waals surface area contributed by atoms with E-state index in [4.69, 9.17) is 5.73 Å². The fraction of sp³-hybridized carbons (Fsp3) is 0. The minimum absolute atomic E-state index is 0.104. The molecule has 0 aliphatic carbocycles. The van der Waals surface area contributed by atoms with Crippen molar-refractivity contribution in [3.05, 3.63) is 36.3 Å². The zero-order valence-electron chi connectivity index (χ0n) is 5.37. The van der Waals surface area contributed by atoms with E-state index in [9.17, 15) is 4.79 Å². The standard InChI is InChI=1S/C7H8N2O/c8-4-3-7(10)6-2-1-5-9-6/h1-5,9H,8H2/b4-3-. The molecule has 0 bridgehead atoms. The van der Waals surface area contributed by atoms with Crippen LogP contribution >= 0.6 is 0 Å². The maximum Gasteiger partial charge on any atom is 0.203 e. The molecule has 0 fully saturated rings. The van der Waals surface area contributed by atoms with E-state index in [1.54, 1.807) is 18.3 Å². The summed E-state index contributed by atoms with van der Waals surface area (Å²) >= 11 is 0. The van der Waals surface area contributed by atoms with Crippen LogP contribution in [0.3, 0.4) is 0 Å². The van der Waals surface area contributed by atoms with Gasteiger partial charge in [-0.2, -0.15) is 0 Å². The van der Waals surface area contributed by atoms with E-state index in [0.717, 1.165) is 0 Å². The van der Waals surface area contributed by atoms with E-state index in [0.29, 0.717) is 5.69 Å². The predicted molar refractivity (Wildman–Crippen MR) is 38.5 cm³/mol. The highest BCUT2D eigenvalue weighted by atomic mass is 16.1. The van der Waals surface area contributed by atoms with Crippen LogP contribution in [-0.4, -0.2) is 10.8 Å². The molecule has 0 aliphatic heterocycles. The number of allylic oxidation sites excluding steroid dienone is 1. The van der Waals surface area contributed by atoms with Gasteiger partial charge in [-0.3, -0.25) is 4.79 Å². The Labute approximate surface area is 58.5 Å². The van der Waals surface area contributed by atoms with Gasteiger partial charge in [-0.05, 0) is 18.3 Å². The van der Waals surface area contributed by atoms with Crippen LogP contribution < -0.4 is 5.73 Å². The Balaban J connectivity index is 2.78. The molecule has 0 aromatic carbocycles. The summed E-state index contributed by atoms with van der Waals surface area (Å²) in [5, 5.41) is 0. The molecular weight excluding hydrogens is 128 g/mol. The summed E-state index contributed by atoms with van der Waals surface area (Å²) in [5.41, 5.74) is 5.58. The van der Waals surface area contributed by atoms with Gasteiger partial charge in [0, 0.05) is 12.3 Å². The van der Waals surface area contributed by atoms with Gasteiger partial charge < -0.3 is 10.7 Å². The minimum atomic E-state index is -0.104. The van der Waals surface area contributed by atoms with Crippen LogP contribution in [0.15, 0.2) is 30.6 Å². The van der Waals surface area contributed by atoms with Crippen LogP contribution in [0.4, 0.5) is 0 Å². The molecule has 0 radical (unpaired) electrons. The molecule has 3 nitrogen and oxygen atoms in total. The quantitative estimate of drug-likeness (QED) is 0.463. The summed E-state index contributed by atoms with van der Waals surface area (Å²) < 4.78 is 0. The smallest absolute Gasteiger partial charge is 0.203 e. The molecule has 3 heteroatoms. The number of carbonyl (C=O) groups excluding carboxylic acids is 1. The first-order valence-electron chi connectivity index (χ1n) is 2.90. The van der Waals surface area contributed by atoms with Gasteiger partial charge in [-0.1, -0.05) is 0 Å². The zero-order valence-corrected chi connectivity index (χ0v) is 5.37. The Morgan fingerprint density at radius 3 is 3.00 bits per heavy atom. The van der Waals surface area contributed by atoms with Crippen molar-refractivity contribution in [1.29, 1.82) is 0 Å². The largest absolute Gasteiger partial charge is 0.404 e. The summed E-state index contributed by atoms with van der Waals surface area (Å²) in [6.45, 7) is 0. The van der Waals surface area contributed by atoms with Crippen LogP contribution in [0.25, 0.3) is 0 Å². The molecule has 1 aromatic heterocycles. The Morgan fingerprint density at radius 2 is 2.50 bits per heavy atom. The number of rotatable bonds is 2. The van der Waals surface area contributed by atoms with E-state index in [2.05, 4.69) is 4.98 Å². The third kappa shape index (κ3) is 1.25. The van der Waals surface area contributed by atoms with Crippen LogP contribution in [0.1, 0.15) is 10.5 Å². The predicted octanol–water partition coefficient (Wildman–Crippen LogP) is 0.670. The average molecular weight is 136 g/mol. The summed E-state index contributed by atoms with van der Waals surface area (Å²) in [6.07, 6.45) is 4.23. The molecule has 0 unspecified atom stereocenters. The number of carbonyl (C=O) groups is 1. The summed E-state index contributed by atoms with van der Waals surface area (Å²) in [5.74, 6) is -0.104. The Morgan fingerprint density at radius 1 is 1.70 bits per heavy atom. The van der Waals surface area contributed by atoms with Crippen molar-refractivity contribution in [2.24, 2.45) is 5.73 Å². The number of hydrogen-bond donors (Lipinski definition) is 2. The average Bonchev–Trinajstić information content (AvgIpc) is 2.38. The first-order chi connectivity index (χ1) is 4.84. The number of hydrogen-bond acceptors (Lipinski definition) is 2. The topological polar surface area (TPSA) is 58.9 Å². The van der Waals surface area contributed by atoms with Gasteiger partial charge in [-0.15, -0.1) is 0 Å². The molecule has 0 saturated carbocycles. The first-order valence-corrected chi connectivity index (χ1v) is 2.90. The van der Waals surface area contributed by atoms with Crippen molar-refractivity contribution in [2.75, 3.05) is 0 Å². The SMILES string of the molecule is N/C=C\C(=O)c1ccc[nH]1. The normalized spacial score (nSPS) is 10.4. The highest BCUT2D eigenvalue weighted by Crippen LogP contribution is 1.95. The Kier molecular flexibility index (Phi) is 1.89. The highest BCUT2D eigenvalue weighted by Gasteiger charge is 1.98. The number of nitrogens with two attached hydrogens (primary N) is 1. The van der Waals surface area contributed by atoms with Crippen LogP contribution in [0.5, 0.6) is 0 Å². The molecule has 0 atom stereocenters. The molecule has 0 amide bonds. The van der Waals surface area contributed by atoms with Gasteiger partial charge in [0.2, 0.25) is 5.78 Å². The molecule has 1 heterocycles. The Hall–Kier alpha value is -1.51. The van der Waals surface area contributed by atoms with Crippen molar-refractivity contribution >= 4 is 5.78 Å². The van der Waals surface area contributed by atoms with Crippen molar-refractivity contribution in [3.8, 4) is 0 Å². The maximum absolute atomic E-state index is 10.9. The number of aromatic amines is 1. The molecule has 0 aliphatic rings. The van der Waals surface area contributed by atoms with Crippen molar-refractivity contribution in [3.63, 3.8) is 0 Å². The van der Waals surface area contributed by atoms with Gasteiger partial charge in [0.15, 0.2) is 0 Å². The second-order valence-corrected chi connectivity index (χ2v) is 1.81. The fourth-order valence-electron chi connectivity index (χ4n) is 0.661. The number of ketones is 1. The second kappa shape index (κ2) is 2.87. The second-order valence-electron chi connectivity index (χ2n) is 1.81.